The average Bonchev–Trinajstić information content (AvgIpc) is 2.20. The van der Waals surface area contributed by atoms with E-state index in [1.165, 1.54) is 0 Å². The lowest BCUT2D eigenvalue weighted by Gasteiger charge is -2.17. The van der Waals surface area contributed by atoms with E-state index < -0.39 is 0 Å². The first-order chi connectivity index (χ1) is 6.86. The van der Waals surface area contributed by atoms with Gasteiger partial charge in [-0.3, -0.25) is 9.88 Å². The van der Waals surface area contributed by atoms with Crippen LogP contribution in [-0.4, -0.2) is 23.0 Å². The Morgan fingerprint density at radius 2 is 2.36 bits per heavy atom. The highest BCUT2D eigenvalue weighted by molar-refractivity contribution is 5.03. The van der Waals surface area contributed by atoms with Gasteiger partial charge in [0.15, 0.2) is 0 Å². The van der Waals surface area contributed by atoms with Gasteiger partial charge in [-0.15, -0.1) is 0 Å². The molecule has 0 fully saturated rings. The van der Waals surface area contributed by atoms with Crippen LogP contribution in [0.25, 0.3) is 0 Å². The molecule has 0 aliphatic rings. The second-order valence-corrected chi connectivity index (χ2v) is 3.19. The number of pyridine rings is 1. The summed E-state index contributed by atoms with van der Waals surface area (Å²) >= 11 is 0. The third kappa shape index (κ3) is 3.55. The minimum absolute atomic E-state index is 0.477. The zero-order valence-electron chi connectivity index (χ0n) is 8.48. The molecule has 0 unspecified atom stereocenters. The van der Waals surface area contributed by atoms with E-state index in [1.807, 2.05) is 18.2 Å². The molecule has 0 aromatic carbocycles. The van der Waals surface area contributed by atoms with Crippen molar-refractivity contribution in [1.82, 2.24) is 9.88 Å². The number of aromatic nitrogens is 1. The minimum atomic E-state index is 0.477. The maximum Gasteiger partial charge on any atom is 0.0869 e. The molecule has 0 N–H and O–H groups in total. The number of nitrogens with zero attached hydrogens (tertiary/aromatic N) is 3. The SMILES string of the molecule is CCCN(CC#N)Cc1ccccn1. The van der Waals surface area contributed by atoms with Gasteiger partial charge in [0.25, 0.3) is 0 Å². The molecule has 0 bridgehead atoms. The topological polar surface area (TPSA) is 39.9 Å². The van der Waals surface area contributed by atoms with Crippen LogP contribution in [0, 0.1) is 11.3 Å². The Kier molecular flexibility index (Phi) is 4.66. The molecule has 0 atom stereocenters. The van der Waals surface area contributed by atoms with Crippen molar-refractivity contribution in [3.8, 4) is 6.07 Å². The Balaban J connectivity index is 2.52. The van der Waals surface area contributed by atoms with Crippen LogP contribution in [0.15, 0.2) is 24.4 Å². The number of hydrogen-bond acceptors (Lipinski definition) is 3. The first-order valence-electron chi connectivity index (χ1n) is 4.86. The highest BCUT2D eigenvalue weighted by Crippen LogP contribution is 2.01. The number of hydrogen-bond donors (Lipinski definition) is 0. The fourth-order valence-corrected chi connectivity index (χ4v) is 1.35. The molecule has 0 radical (unpaired) electrons. The van der Waals surface area contributed by atoms with E-state index in [-0.39, 0.29) is 0 Å². The maximum atomic E-state index is 8.63. The molecule has 0 saturated heterocycles. The zero-order chi connectivity index (χ0) is 10.2. The maximum absolute atomic E-state index is 8.63. The minimum Gasteiger partial charge on any atom is -0.285 e. The predicted octanol–water partition coefficient (Wildman–Crippen LogP) is 1.82. The van der Waals surface area contributed by atoms with E-state index in [4.69, 9.17) is 5.26 Å². The Morgan fingerprint density at radius 1 is 1.50 bits per heavy atom. The average molecular weight is 189 g/mol. The summed E-state index contributed by atoms with van der Waals surface area (Å²) in [6.45, 7) is 4.31. The Hall–Kier alpha value is -1.40. The van der Waals surface area contributed by atoms with Gasteiger partial charge in [-0.05, 0) is 25.1 Å². The lowest BCUT2D eigenvalue weighted by molar-refractivity contribution is 0.295. The fourth-order valence-electron chi connectivity index (χ4n) is 1.35. The van der Waals surface area contributed by atoms with Crippen molar-refractivity contribution in [2.24, 2.45) is 0 Å². The molecular formula is C11H15N3. The first kappa shape index (κ1) is 10.7. The molecule has 0 aliphatic carbocycles. The molecule has 1 heterocycles. The summed E-state index contributed by atoms with van der Waals surface area (Å²) in [5, 5.41) is 8.63. The molecule has 0 amide bonds. The van der Waals surface area contributed by atoms with Crippen molar-refractivity contribution in [1.29, 1.82) is 5.26 Å². The van der Waals surface area contributed by atoms with Crippen molar-refractivity contribution in [2.75, 3.05) is 13.1 Å². The number of nitriles is 1. The lowest BCUT2D eigenvalue weighted by Crippen LogP contribution is -2.24. The van der Waals surface area contributed by atoms with Gasteiger partial charge < -0.3 is 0 Å². The normalized spacial score (nSPS) is 10.1. The van der Waals surface area contributed by atoms with Gasteiger partial charge in [0.2, 0.25) is 0 Å². The summed E-state index contributed by atoms with van der Waals surface area (Å²) in [5.41, 5.74) is 1.02. The van der Waals surface area contributed by atoms with Crippen molar-refractivity contribution in [3.05, 3.63) is 30.1 Å². The lowest BCUT2D eigenvalue weighted by atomic mass is 10.3. The van der Waals surface area contributed by atoms with Crippen LogP contribution in [0.3, 0.4) is 0 Å². The molecule has 3 heteroatoms. The van der Waals surface area contributed by atoms with Gasteiger partial charge in [-0.1, -0.05) is 13.0 Å². The van der Waals surface area contributed by atoms with Gasteiger partial charge in [-0.25, -0.2) is 0 Å². The molecule has 1 rings (SSSR count). The van der Waals surface area contributed by atoms with Gasteiger partial charge in [-0.2, -0.15) is 5.26 Å². The van der Waals surface area contributed by atoms with Crippen molar-refractivity contribution in [3.63, 3.8) is 0 Å². The Labute approximate surface area is 85.0 Å². The van der Waals surface area contributed by atoms with E-state index in [2.05, 4.69) is 22.9 Å². The molecule has 0 saturated carbocycles. The van der Waals surface area contributed by atoms with Crippen LogP contribution in [0.1, 0.15) is 19.0 Å². The van der Waals surface area contributed by atoms with Gasteiger partial charge in [0.1, 0.15) is 0 Å². The molecule has 14 heavy (non-hydrogen) atoms. The van der Waals surface area contributed by atoms with Crippen LogP contribution in [-0.2, 0) is 6.54 Å². The smallest absolute Gasteiger partial charge is 0.0869 e. The number of rotatable bonds is 5. The van der Waals surface area contributed by atoms with Crippen molar-refractivity contribution < 1.29 is 0 Å². The molecule has 1 aromatic heterocycles. The largest absolute Gasteiger partial charge is 0.285 e. The zero-order valence-corrected chi connectivity index (χ0v) is 8.48. The monoisotopic (exact) mass is 189 g/mol. The molecular weight excluding hydrogens is 174 g/mol. The molecule has 0 spiro atoms. The van der Waals surface area contributed by atoms with E-state index in [1.54, 1.807) is 6.20 Å². The Bertz CT molecular complexity index is 289. The van der Waals surface area contributed by atoms with E-state index >= 15 is 0 Å². The summed E-state index contributed by atoms with van der Waals surface area (Å²) in [6, 6.07) is 8.03. The van der Waals surface area contributed by atoms with E-state index in [0.717, 1.165) is 25.2 Å². The molecule has 74 valence electrons. The summed E-state index contributed by atoms with van der Waals surface area (Å²) in [4.78, 5) is 6.33. The second kappa shape index (κ2) is 6.11. The third-order valence-electron chi connectivity index (χ3n) is 1.95. The van der Waals surface area contributed by atoms with Gasteiger partial charge in [0, 0.05) is 12.7 Å². The molecule has 0 aliphatic heterocycles. The summed E-state index contributed by atoms with van der Waals surface area (Å²) in [7, 11) is 0. The highest BCUT2D eigenvalue weighted by atomic mass is 15.1. The summed E-state index contributed by atoms with van der Waals surface area (Å²) < 4.78 is 0. The quantitative estimate of drug-likeness (QED) is 0.663. The predicted molar refractivity (Wildman–Crippen MR) is 55.4 cm³/mol. The van der Waals surface area contributed by atoms with E-state index in [0.29, 0.717) is 6.54 Å². The van der Waals surface area contributed by atoms with E-state index in [9.17, 15) is 0 Å². The van der Waals surface area contributed by atoms with Crippen LogP contribution in [0.4, 0.5) is 0 Å². The molecule has 3 nitrogen and oxygen atoms in total. The van der Waals surface area contributed by atoms with Crippen LogP contribution < -0.4 is 0 Å². The highest BCUT2D eigenvalue weighted by Gasteiger charge is 2.03. The van der Waals surface area contributed by atoms with Crippen LogP contribution in [0.2, 0.25) is 0 Å². The van der Waals surface area contributed by atoms with Crippen LogP contribution >= 0.6 is 0 Å². The summed E-state index contributed by atoms with van der Waals surface area (Å²) in [5.74, 6) is 0. The van der Waals surface area contributed by atoms with Crippen molar-refractivity contribution >= 4 is 0 Å². The first-order valence-corrected chi connectivity index (χ1v) is 4.86. The summed E-state index contributed by atoms with van der Waals surface area (Å²) in [6.07, 6.45) is 2.85. The van der Waals surface area contributed by atoms with Crippen LogP contribution in [0.5, 0.6) is 0 Å². The Morgan fingerprint density at radius 3 is 2.93 bits per heavy atom. The van der Waals surface area contributed by atoms with Gasteiger partial charge in [0.05, 0.1) is 18.3 Å². The second-order valence-electron chi connectivity index (χ2n) is 3.19. The molecule has 1 aromatic rings. The third-order valence-corrected chi connectivity index (χ3v) is 1.95. The van der Waals surface area contributed by atoms with Gasteiger partial charge >= 0.3 is 0 Å². The fraction of sp³-hybridized carbons (Fsp3) is 0.455. The van der Waals surface area contributed by atoms with Crippen molar-refractivity contribution in [2.45, 2.75) is 19.9 Å². The standard InChI is InChI=1S/C11H15N3/c1-2-8-14(9-6-12)10-11-5-3-4-7-13-11/h3-5,7H,2,8-10H2,1H3.